The quantitative estimate of drug-likeness (QED) is 0.681. The molecule has 3 rings (SSSR count). The second-order valence-electron chi connectivity index (χ2n) is 4.74. The van der Waals surface area contributed by atoms with Crippen LogP contribution >= 0.6 is 0 Å². The molecule has 2 aromatic rings. The monoisotopic (exact) mass is 296 g/mol. The van der Waals surface area contributed by atoms with Gasteiger partial charge in [-0.05, 0) is 35.9 Å². The average Bonchev–Trinajstić information content (AvgIpc) is 3.00. The number of phenols is 1. The van der Waals surface area contributed by atoms with Crippen molar-refractivity contribution < 1.29 is 14.6 Å². The van der Waals surface area contributed by atoms with Gasteiger partial charge < -0.3 is 14.6 Å². The Kier molecular flexibility index (Phi) is 4.34. The molecule has 0 radical (unpaired) electrons. The zero-order chi connectivity index (χ0) is 15.2. The first-order chi connectivity index (χ1) is 10.8. The van der Waals surface area contributed by atoms with Crippen LogP contribution in [0.3, 0.4) is 0 Å². The largest absolute Gasteiger partial charge is 0.507 e. The van der Waals surface area contributed by atoms with Gasteiger partial charge in [0.1, 0.15) is 5.75 Å². The number of hydrogen-bond acceptors (Lipinski definition) is 5. The van der Waals surface area contributed by atoms with Crippen molar-refractivity contribution in [1.29, 1.82) is 0 Å². The van der Waals surface area contributed by atoms with Crippen LogP contribution in [0.15, 0.2) is 52.4 Å². The highest BCUT2D eigenvalue weighted by Gasteiger charge is 2.12. The Morgan fingerprint density at radius 1 is 0.955 bits per heavy atom. The molecular formula is C17H16N2O3. The molecular weight excluding hydrogens is 280 g/mol. The summed E-state index contributed by atoms with van der Waals surface area (Å²) in [5.41, 5.74) is 1.68. The lowest BCUT2D eigenvalue weighted by molar-refractivity contribution is 0.174. The maximum atomic E-state index is 9.60. The van der Waals surface area contributed by atoms with Gasteiger partial charge in [0.25, 0.3) is 0 Å². The fourth-order valence-corrected chi connectivity index (χ4v) is 2.04. The van der Waals surface area contributed by atoms with Gasteiger partial charge in [0, 0.05) is 18.0 Å². The fourth-order valence-electron chi connectivity index (χ4n) is 2.04. The molecule has 1 heterocycles. The van der Waals surface area contributed by atoms with Gasteiger partial charge in [-0.2, -0.15) is 0 Å². The van der Waals surface area contributed by atoms with Gasteiger partial charge >= 0.3 is 0 Å². The number of hydrogen-bond donors (Lipinski definition) is 1. The van der Waals surface area contributed by atoms with Crippen molar-refractivity contribution in [2.45, 2.75) is 0 Å². The molecule has 1 aliphatic rings. The number of rotatable bonds is 5. The van der Waals surface area contributed by atoms with Crippen LogP contribution < -0.4 is 9.47 Å². The summed E-state index contributed by atoms with van der Waals surface area (Å²) in [6.07, 6.45) is 3.45. The SMILES string of the molecule is Oc1ccccc1C=NCCN=Cc1ccc2c(c1)OCO2. The summed E-state index contributed by atoms with van der Waals surface area (Å²) in [5.74, 6) is 1.75. The van der Waals surface area contributed by atoms with Crippen molar-refractivity contribution in [1.82, 2.24) is 0 Å². The Bertz CT molecular complexity index is 711. The summed E-state index contributed by atoms with van der Waals surface area (Å²) in [7, 11) is 0. The Morgan fingerprint density at radius 3 is 2.59 bits per heavy atom. The fraction of sp³-hybridized carbons (Fsp3) is 0.176. The van der Waals surface area contributed by atoms with E-state index in [1.807, 2.05) is 30.3 Å². The van der Waals surface area contributed by atoms with Gasteiger partial charge in [0.05, 0.1) is 13.1 Å². The maximum Gasteiger partial charge on any atom is 0.231 e. The number of phenolic OH excluding ortho intramolecular Hbond substituents is 1. The second-order valence-corrected chi connectivity index (χ2v) is 4.74. The number of nitrogens with zero attached hydrogens (tertiary/aromatic N) is 2. The minimum atomic E-state index is 0.232. The summed E-state index contributed by atoms with van der Waals surface area (Å²) < 4.78 is 10.6. The molecule has 0 spiro atoms. The summed E-state index contributed by atoms with van der Waals surface area (Å²) >= 11 is 0. The summed E-state index contributed by atoms with van der Waals surface area (Å²) in [6.45, 7) is 1.42. The number of aliphatic imine (C=N–C) groups is 2. The Balaban J connectivity index is 1.50. The summed E-state index contributed by atoms with van der Waals surface area (Å²) in [5, 5.41) is 9.60. The predicted octanol–water partition coefficient (Wildman–Crippen LogP) is 2.66. The average molecular weight is 296 g/mol. The van der Waals surface area contributed by atoms with Crippen LogP contribution in [0.25, 0.3) is 0 Å². The lowest BCUT2D eigenvalue weighted by atomic mass is 10.2. The molecule has 1 N–H and O–H groups in total. The molecule has 0 saturated carbocycles. The molecule has 0 fully saturated rings. The van der Waals surface area contributed by atoms with E-state index < -0.39 is 0 Å². The summed E-state index contributed by atoms with van der Waals surface area (Å²) in [4.78, 5) is 8.57. The van der Waals surface area contributed by atoms with Gasteiger partial charge in [0.2, 0.25) is 6.79 Å². The van der Waals surface area contributed by atoms with E-state index in [1.165, 1.54) is 0 Å². The number of fused-ring (bicyclic) bond motifs is 1. The van der Waals surface area contributed by atoms with Gasteiger partial charge in [-0.15, -0.1) is 0 Å². The molecule has 0 aromatic heterocycles. The first-order valence-corrected chi connectivity index (χ1v) is 7.00. The third-order valence-corrected chi connectivity index (χ3v) is 3.16. The van der Waals surface area contributed by atoms with Crippen LogP contribution in [-0.4, -0.2) is 37.4 Å². The van der Waals surface area contributed by atoms with Crippen molar-refractivity contribution in [3.63, 3.8) is 0 Å². The molecule has 0 bridgehead atoms. The summed E-state index contributed by atoms with van der Waals surface area (Å²) in [6, 6.07) is 12.8. The van der Waals surface area contributed by atoms with Crippen molar-refractivity contribution in [2.75, 3.05) is 19.9 Å². The van der Waals surface area contributed by atoms with Crippen molar-refractivity contribution >= 4 is 12.4 Å². The molecule has 22 heavy (non-hydrogen) atoms. The lowest BCUT2D eigenvalue weighted by Crippen LogP contribution is -1.93. The van der Waals surface area contributed by atoms with Crippen LogP contribution in [0, 0.1) is 0 Å². The smallest absolute Gasteiger partial charge is 0.231 e. The normalized spacial score (nSPS) is 13.3. The minimum Gasteiger partial charge on any atom is -0.507 e. The van der Waals surface area contributed by atoms with Crippen molar-refractivity contribution in [2.24, 2.45) is 9.98 Å². The van der Waals surface area contributed by atoms with Crippen LogP contribution in [0.5, 0.6) is 17.2 Å². The molecule has 112 valence electrons. The molecule has 1 aliphatic heterocycles. The first kappa shape index (κ1) is 14.1. The zero-order valence-corrected chi connectivity index (χ0v) is 12.0. The van der Waals surface area contributed by atoms with E-state index >= 15 is 0 Å². The first-order valence-electron chi connectivity index (χ1n) is 7.00. The van der Waals surface area contributed by atoms with E-state index in [-0.39, 0.29) is 12.5 Å². The van der Waals surface area contributed by atoms with E-state index in [1.54, 1.807) is 24.6 Å². The van der Waals surface area contributed by atoms with Gasteiger partial charge in [-0.25, -0.2) is 0 Å². The van der Waals surface area contributed by atoms with Crippen LogP contribution in [0.4, 0.5) is 0 Å². The molecule has 0 saturated heterocycles. The Morgan fingerprint density at radius 2 is 1.73 bits per heavy atom. The van der Waals surface area contributed by atoms with Crippen molar-refractivity contribution in [3.05, 3.63) is 53.6 Å². The van der Waals surface area contributed by atoms with Gasteiger partial charge in [-0.3, -0.25) is 9.98 Å². The van der Waals surface area contributed by atoms with Gasteiger partial charge in [-0.1, -0.05) is 12.1 Å². The topological polar surface area (TPSA) is 63.4 Å². The van der Waals surface area contributed by atoms with Crippen LogP contribution in [0.2, 0.25) is 0 Å². The lowest BCUT2D eigenvalue weighted by Gasteiger charge is -1.97. The third-order valence-electron chi connectivity index (χ3n) is 3.16. The third kappa shape index (κ3) is 3.44. The molecule has 0 aliphatic carbocycles. The molecule has 0 amide bonds. The number of benzene rings is 2. The molecule has 5 nitrogen and oxygen atoms in total. The van der Waals surface area contributed by atoms with Crippen molar-refractivity contribution in [3.8, 4) is 17.2 Å². The van der Waals surface area contributed by atoms with Crippen LogP contribution in [-0.2, 0) is 0 Å². The highest BCUT2D eigenvalue weighted by atomic mass is 16.7. The van der Waals surface area contributed by atoms with E-state index in [2.05, 4.69) is 9.98 Å². The van der Waals surface area contributed by atoms with E-state index in [0.717, 1.165) is 17.1 Å². The number of ether oxygens (including phenoxy) is 2. The standard InChI is InChI=1S/C17H16N2O3/c20-15-4-2-1-3-14(15)11-19-8-7-18-10-13-5-6-16-17(9-13)22-12-21-16/h1-6,9-11,20H,7-8,12H2. The molecule has 2 aromatic carbocycles. The maximum absolute atomic E-state index is 9.60. The van der Waals surface area contributed by atoms with E-state index in [9.17, 15) is 5.11 Å². The van der Waals surface area contributed by atoms with Gasteiger partial charge in [0.15, 0.2) is 11.5 Å². The molecule has 0 unspecified atom stereocenters. The highest BCUT2D eigenvalue weighted by Crippen LogP contribution is 2.31. The Labute approximate surface area is 128 Å². The Hall–Kier alpha value is -2.82. The molecule has 0 atom stereocenters. The second kappa shape index (κ2) is 6.76. The number of aromatic hydroxyl groups is 1. The predicted molar refractivity (Wildman–Crippen MR) is 85.6 cm³/mol. The minimum absolute atomic E-state index is 0.232. The number of para-hydroxylation sites is 1. The zero-order valence-electron chi connectivity index (χ0n) is 12.0. The van der Waals surface area contributed by atoms with E-state index in [0.29, 0.717) is 18.7 Å². The highest BCUT2D eigenvalue weighted by molar-refractivity contribution is 5.83. The van der Waals surface area contributed by atoms with Crippen LogP contribution in [0.1, 0.15) is 11.1 Å². The molecule has 5 heteroatoms. The van der Waals surface area contributed by atoms with E-state index in [4.69, 9.17) is 9.47 Å².